The highest BCUT2D eigenvalue weighted by molar-refractivity contribution is 6.07. The van der Waals surface area contributed by atoms with Crippen molar-refractivity contribution in [1.82, 2.24) is 29.9 Å². The summed E-state index contributed by atoms with van der Waals surface area (Å²) in [5, 5.41) is 12.7. The molecule has 3 unspecified atom stereocenters. The molecule has 2 N–H and O–H groups in total. The highest BCUT2D eigenvalue weighted by atomic mass is 19.1. The van der Waals surface area contributed by atoms with Crippen LogP contribution in [0.4, 0.5) is 9.18 Å². The first-order valence-corrected chi connectivity index (χ1v) is 20.6. The number of ether oxygens (including phenoxy) is 5. The molecule has 0 bridgehead atoms. The zero-order valence-electron chi connectivity index (χ0n) is 36.2. The van der Waals surface area contributed by atoms with Crippen LogP contribution in [0.3, 0.4) is 0 Å². The SMILES string of the molecule is CC[C@H]1OC(=O)[C@@](C)(F)C(=O)[C@H](C)[C@@H](OC2O[C@H](C)C[C@H](N(C)C)[C@H]2O)[C@](C)(OC)C[C@@H](C)C(=O)[C@H](C)[C@@H]2C1OC(=O)N2NCCC(C)n1cnc(-c2cccnc2)c1. The fraction of sp³-hybridized carbons (Fsp3) is 0.714. The number of nitrogens with one attached hydrogen (secondary N) is 1. The van der Waals surface area contributed by atoms with Crippen molar-refractivity contribution in [3.63, 3.8) is 0 Å². The van der Waals surface area contributed by atoms with Crippen molar-refractivity contribution in [2.24, 2.45) is 17.8 Å². The lowest BCUT2D eigenvalue weighted by Gasteiger charge is -2.47. The summed E-state index contributed by atoms with van der Waals surface area (Å²) in [5.41, 5.74) is 0.163. The number of likely N-dealkylation sites (N-methyl/N-ethyl adjacent to an activating group) is 1. The number of aliphatic hydroxyl groups excluding tert-OH is 1. The molecule has 0 spiro atoms. The normalized spacial score (nSPS) is 36.8. The summed E-state index contributed by atoms with van der Waals surface area (Å²) in [7, 11) is 5.03. The van der Waals surface area contributed by atoms with E-state index in [-0.39, 0.29) is 43.4 Å². The Morgan fingerprint density at radius 3 is 2.46 bits per heavy atom. The molecule has 5 heterocycles. The molecule has 0 saturated carbocycles. The van der Waals surface area contributed by atoms with Gasteiger partial charge in [0.2, 0.25) is 0 Å². The average molecular weight is 831 g/mol. The number of aromatic nitrogens is 3. The van der Waals surface area contributed by atoms with Crippen molar-refractivity contribution in [3.05, 3.63) is 37.1 Å². The van der Waals surface area contributed by atoms with Gasteiger partial charge in [0.15, 0.2) is 18.2 Å². The Kier molecular flexibility index (Phi) is 14.7. The number of fused-ring (bicyclic) bond motifs is 1. The number of carbonyl (C=O) groups is 4. The molecule has 16 nitrogen and oxygen atoms in total. The maximum absolute atomic E-state index is 16.8. The number of hydrogen-bond acceptors (Lipinski definition) is 14. The van der Waals surface area contributed by atoms with Gasteiger partial charge in [0.25, 0.3) is 5.67 Å². The molecule has 0 aromatic carbocycles. The van der Waals surface area contributed by atoms with E-state index >= 15 is 4.39 Å². The minimum Gasteiger partial charge on any atom is -0.456 e. The topological polar surface area (TPSA) is 184 Å². The molecule has 3 fully saturated rings. The molecular formula is C42H63FN6O10. The number of pyridine rings is 1. The molecule has 3 aliphatic rings. The molecule has 3 aliphatic heterocycles. The van der Waals surface area contributed by atoms with Gasteiger partial charge in [0.1, 0.15) is 24.0 Å². The van der Waals surface area contributed by atoms with Crippen LogP contribution in [0.15, 0.2) is 37.1 Å². The highest BCUT2D eigenvalue weighted by Crippen LogP contribution is 2.40. The predicted octanol–water partition coefficient (Wildman–Crippen LogP) is 4.31. The zero-order chi connectivity index (χ0) is 43.6. The van der Waals surface area contributed by atoms with Gasteiger partial charge >= 0.3 is 12.1 Å². The molecule has 2 aromatic rings. The number of carbonyl (C=O) groups excluding carboxylic acids is 4. The van der Waals surface area contributed by atoms with E-state index in [0.717, 1.165) is 18.2 Å². The Labute approximate surface area is 346 Å². The number of nitrogens with zero attached hydrogens (tertiary/aromatic N) is 5. The Bertz CT molecular complexity index is 1780. The van der Waals surface area contributed by atoms with Gasteiger partial charge in [-0.3, -0.25) is 14.6 Å². The van der Waals surface area contributed by atoms with Crippen molar-refractivity contribution < 1.29 is 52.4 Å². The van der Waals surface area contributed by atoms with Crippen molar-refractivity contribution in [3.8, 4) is 11.3 Å². The maximum atomic E-state index is 16.8. The summed E-state index contributed by atoms with van der Waals surface area (Å²) >= 11 is 0. The van der Waals surface area contributed by atoms with E-state index in [2.05, 4.69) is 15.4 Å². The van der Waals surface area contributed by atoms with Gasteiger partial charge in [-0.1, -0.05) is 27.7 Å². The van der Waals surface area contributed by atoms with Crippen LogP contribution in [-0.4, -0.2) is 141 Å². The van der Waals surface area contributed by atoms with E-state index in [0.29, 0.717) is 12.8 Å². The number of Topliss-reactive ketones (excluding diaryl/α,β-unsaturated/α-hetero) is 2. The fourth-order valence-electron chi connectivity index (χ4n) is 8.80. The van der Waals surface area contributed by atoms with Crippen LogP contribution in [0, 0.1) is 17.8 Å². The Hall–Kier alpha value is -3.87. The fourth-order valence-corrected chi connectivity index (χ4v) is 8.80. The number of alkyl halides is 1. The number of hydrazine groups is 1. The van der Waals surface area contributed by atoms with E-state index in [1.807, 2.05) is 55.7 Å². The lowest BCUT2D eigenvalue weighted by atomic mass is 9.75. The molecule has 17 heteroatoms. The Morgan fingerprint density at radius 1 is 1.12 bits per heavy atom. The van der Waals surface area contributed by atoms with Gasteiger partial charge < -0.3 is 38.3 Å². The van der Waals surface area contributed by atoms with Crippen molar-refractivity contribution >= 4 is 23.6 Å². The molecule has 0 aliphatic carbocycles. The molecule has 5 rings (SSSR count). The van der Waals surface area contributed by atoms with E-state index in [1.165, 1.54) is 19.0 Å². The second-order valence-electron chi connectivity index (χ2n) is 17.2. The van der Waals surface area contributed by atoms with E-state index < -0.39 is 83.6 Å². The third-order valence-electron chi connectivity index (χ3n) is 12.5. The highest BCUT2D eigenvalue weighted by Gasteiger charge is 2.57. The van der Waals surface area contributed by atoms with Gasteiger partial charge in [-0.2, -0.15) is 0 Å². The summed E-state index contributed by atoms with van der Waals surface area (Å²) in [6.45, 7) is 13.1. The van der Waals surface area contributed by atoms with Gasteiger partial charge in [0, 0.05) is 67.6 Å². The minimum absolute atomic E-state index is 0.0157. The Balaban J connectivity index is 1.44. The second-order valence-corrected chi connectivity index (χ2v) is 17.2. The van der Waals surface area contributed by atoms with Crippen molar-refractivity contribution in [1.29, 1.82) is 0 Å². The second kappa shape index (κ2) is 18.8. The lowest BCUT2D eigenvalue weighted by molar-refractivity contribution is -0.295. The minimum atomic E-state index is -3.18. The number of hydrogen-bond donors (Lipinski definition) is 2. The number of halogens is 1. The number of cyclic esters (lactones) is 1. The molecule has 328 valence electrons. The van der Waals surface area contributed by atoms with Crippen molar-refractivity contribution in [2.75, 3.05) is 27.7 Å². The first-order chi connectivity index (χ1) is 27.7. The number of ketones is 2. The lowest BCUT2D eigenvalue weighted by Crippen LogP contribution is -2.61. The number of rotatable bonds is 11. The molecular weight excluding hydrogens is 767 g/mol. The third-order valence-corrected chi connectivity index (χ3v) is 12.5. The monoisotopic (exact) mass is 830 g/mol. The van der Waals surface area contributed by atoms with Crippen LogP contribution >= 0.6 is 0 Å². The largest absolute Gasteiger partial charge is 0.456 e. The first kappa shape index (κ1) is 46.2. The van der Waals surface area contributed by atoms with Crippen LogP contribution in [0.5, 0.6) is 0 Å². The van der Waals surface area contributed by atoms with Gasteiger partial charge in [-0.15, -0.1) is 0 Å². The van der Waals surface area contributed by atoms with Crippen LogP contribution in [0.25, 0.3) is 11.3 Å². The summed E-state index contributed by atoms with van der Waals surface area (Å²) in [5.74, 6) is -5.90. The van der Waals surface area contributed by atoms with Crippen molar-refractivity contribution in [2.45, 2.75) is 147 Å². The van der Waals surface area contributed by atoms with E-state index in [4.69, 9.17) is 23.7 Å². The maximum Gasteiger partial charge on any atom is 0.425 e. The molecule has 2 aromatic heterocycles. The van der Waals surface area contributed by atoms with E-state index in [1.54, 1.807) is 46.4 Å². The van der Waals surface area contributed by atoms with Crippen LogP contribution in [-0.2, 0) is 38.1 Å². The zero-order valence-corrected chi connectivity index (χ0v) is 36.2. The molecule has 3 saturated heterocycles. The molecule has 14 atom stereocenters. The number of esters is 1. The molecule has 1 amide bonds. The quantitative estimate of drug-likeness (QED) is 0.241. The Morgan fingerprint density at radius 2 is 1.83 bits per heavy atom. The third kappa shape index (κ3) is 9.70. The number of aliphatic hydroxyl groups is 1. The average Bonchev–Trinajstić information content (AvgIpc) is 3.83. The summed E-state index contributed by atoms with van der Waals surface area (Å²) < 4.78 is 48.9. The van der Waals surface area contributed by atoms with Gasteiger partial charge in [-0.25, -0.2) is 29.4 Å². The summed E-state index contributed by atoms with van der Waals surface area (Å²) in [6.07, 6.45) is 0.915. The molecule has 0 radical (unpaired) electrons. The van der Waals surface area contributed by atoms with Crippen LogP contribution in [0.1, 0.15) is 87.1 Å². The number of imidazole rings is 1. The first-order valence-electron chi connectivity index (χ1n) is 20.6. The number of amides is 1. The van der Waals surface area contributed by atoms with Gasteiger partial charge in [0.05, 0.1) is 29.8 Å². The summed E-state index contributed by atoms with van der Waals surface area (Å²) in [6, 6.07) is 2.35. The smallest absolute Gasteiger partial charge is 0.425 e. The number of methoxy groups -OCH3 is 1. The standard InChI is InChI=1S/C42H63FN6O10/c1-12-31-35-32(49(40(54)58-35)46-17-15-24(3)48-21-29(45-22-48)28-14-13-16-44-20-28)26(5)33(50)23(2)19-41(7,55-11)37(27(6)36(52)42(8,43)39(53)57-31)59-38-34(51)30(47(9)10)18-25(4)56-38/h13-14,16,20-27,30-32,34-35,37-38,46,51H,12,15,17-19H2,1-11H3/t23-,24?,25-,26-,27+,30+,31-,32-,34-,35?,37-,38?,41-,42+/m1/s1. The van der Waals surface area contributed by atoms with Gasteiger partial charge in [-0.05, 0) is 79.6 Å². The van der Waals surface area contributed by atoms with E-state index in [9.17, 15) is 24.3 Å². The molecule has 59 heavy (non-hydrogen) atoms. The van der Waals surface area contributed by atoms with Crippen LogP contribution < -0.4 is 5.43 Å². The van der Waals surface area contributed by atoms with Crippen LogP contribution in [0.2, 0.25) is 0 Å². The predicted molar refractivity (Wildman–Crippen MR) is 213 cm³/mol. The summed E-state index contributed by atoms with van der Waals surface area (Å²) in [4.78, 5) is 66.7.